The summed E-state index contributed by atoms with van der Waals surface area (Å²) in [5.41, 5.74) is 6.78. The van der Waals surface area contributed by atoms with Gasteiger partial charge in [-0.2, -0.15) is 0 Å². The molecule has 0 saturated carbocycles. The summed E-state index contributed by atoms with van der Waals surface area (Å²) >= 11 is 1.56. The fraction of sp³-hybridized carbons (Fsp3) is 0.200. The lowest BCUT2D eigenvalue weighted by Gasteiger charge is -2.05. The highest BCUT2D eigenvalue weighted by molar-refractivity contribution is 7.99. The van der Waals surface area contributed by atoms with E-state index in [2.05, 4.69) is 17.2 Å². The Labute approximate surface area is 157 Å². The van der Waals surface area contributed by atoms with Gasteiger partial charge in [-0.25, -0.2) is 0 Å². The molecular formula is C20H20N2O3S. The third-order valence-corrected chi connectivity index (χ3v) is 4.30. The first kappa shape index (κ1) is 19.4. The number of amides is 2. The fourth-order valence-electron chi connectivity index (χ4n) is 2.05. The molecule has 26 heavy (non-hydrogen) atoms. The molecule has 5 nitrogen and oxygen atoms in total. The van der Waals surface area contributed by atoms with Crippen molar-refractivity contribution in [3.63, 3.8) is 0 Å². The third-order valence-electron chi connectivity index (χ3n) is 3.30. The van der Waals surface area contributed by atoms with E-state index in [4.69, 9.17) is 10.5 Å². The maximum Gasteiger partial charge on any atom is 0.252 e. The Balaban J connectivity index is 1.63. The van der Waals surface area contributed by atoms with E-state index in [9.17, 15) is 9.59 Å². The van der Waals surface area contributed by atoms with E-state index in [1.54, 1.807) is 36.0 Å². The Morgan fingerprint density at radius 1 is 1.04 bits per heavy atom. The monoisotopic (exact) mass is 368 g/mol. The first-order chi connectivity index (χ1) is 12.7. The summed E-state index contributed by atoms with van der Waals surface area (Å²) < 4.78 is 5.43. The Hall–Kier alpha value is -2.91. The van der Waals surface area contributed by atoms with Crippen LogP contribution < -0.4 is 15.8 Å². The lowest BCUT2D eigenvalue weighted by Crippen LogP contribution is -2.25. The number of nitrogens with two attached hydrogens (primary N) is 1. The first-order valence-electron chi connectivity index (χ1n) is 8.02. The van der Waals surface area contributed by atoms with Crippen LogP contribution in [0.2, 0.25) is 0 Å². The van der Waals surface area contributed by atoms with Crippen LogP contribution in [-0.4, -0.2) is 30.7 Å². The van der Waals surface area contributed by atoms with Gasteiger partial charge in [0.05, 0.1) is 17.9 Å². The number of ether oxygens (including phenoxy) is 1. The number of carbonyl (C=O) groups excluding carboxylic acids is 2. The standard InChI is InChI=1S/C20H20N2O3S/c21-20(24)17-10-4-5-11-18(17)25-13-7-6-12-22-19(23)15-26-14-16-8-2-1-3-9-16/h1-5,8-11H,12-15H2,(H2,21,24)(H,22,23). The number of hydrogen-bond donors (Lipinski definition) is 2. The van der Waals surface area contributed by atoms with Crippen LogP contribution in [-0.2, 0) is 10.5 Å². The molecule has 0 saturated heterocycles. The summed E-state index contributed by atoms with van der Waals surface area (Å²) in [6, 6.07) is 16.7. The van der Waals surface area contributed by atoms with Gasteiger partial charge in [0.25, 0.3) is 5.91 Å². The van der Waals surface area contributed by atoms with Crippen LogP contribution in [0.15, 0.2) is 54.6 Å². The third kappa shape index (κ3) is 6.91. The van der Waals surface area contributed by atoms with Crippen molar-refractivity contribution in [2.24, 2.45) is 5.73 Å². The van der Waals surface area contributed by atoms with Gasteiger partial charge in [-0.3, -0.25) is 9.59 Å². The molecule has 0 radical (unpaired) electrons. The van der Waals surface area contributed by atoms with E-state index >= 15 is 0 Å². The summed E-state index contributed by atoms with van der Waals surface area (Å²) in [6.07, 6.45) is 0. The van der Waals surface area contributed by atoms with Gasteiger partial charge >= 0.3 is 0 Å². The van der Waals surface area contributed by atoms with Crippen LogP contribution in [0, 0.1) is 11.8 Å². The number of hydrogen-bond acceptors (Lipinski definition) is 4. The lowest BCUT2D eigenvalue weighted by atomic mass is 10.2. The van der Waals surface area contributed by atoms with Crippen molar-refractivity contribution in [2.45, 2.75) is 5.75 Å². The average molecular weight is 368 g/mol. The summed E-state index contributed by atoms with van der Waals surface area (Å²) in [5, 5.41) is 2.73. The normalized spacial score (nSPS) is 9.69. The highest BCUT2D eigenvalue weighted by Crippen LogP contribution is 2.16. The van der Waals surface area contributed by atoms with Crippen LogP contribution in [0.4, 0.5) is 0 Å². The molecule has 0 atom stereocenters. The zero-order chi connectivity index (χ0) is 18.6. The van der Waals surface area contributed by atoms with Gasteiger partial charge in [-0.1, -0.05) is 54.3 Å². The van der Waals surface area contributed by atoms with Gasteiger partial charge in [0.1, 0.15) is 12.4 Å². The van der Waals surface area contributed by atoms with Crippen LogP contribution in [0.1, 0.15) is 15.9 Å². The molecule has 0 aliphatic carbocycles. The molecule has 0 unspecified atom stereocenters. The van der Waals surface area contributed by atoms with Gasteiger partial charge in [0, 0.05) is 5.75 Å². The van der Waals surface area contributed by atoms with Crippen molar-refractivity contribution in [1.29, 1.82) is 0 Å². The smallest absolute Gasteiger partial charge is 0.252 e. The Kier molecular flexibility index (Phi) is 8.10. The topological polar surface area (TPSA) is 81.4 Å². The average Bonchev–Trinajstić information content (AvgIpc) is 2.65. The second kappa shape index (κ2) is 10.9. The Bertz CT molecular complexity index is 797. The second-order valence-electron chi connectivity index (χ2n) is 5.26. The van der Waals surface area contributed by atoms with Crippen LogP contribution >= 0.6 is 11.8 Å². The number of para-hydroxylation sites is 1. The van der Waals surface area contributed by atoms with E-state index in [1.807, 2.05) is 30.3 Å². The summed E-state index contributed by atoms with van der Waals surface area (Å²) in [5.74, 6) is 6.59. The van der Waals surface area contributed by atoms with E-state index in [0.29, 0.717) is 17.1 Å². The number of rotatable bonds is 8. The van der Waals surface area contributed by atoms with Gasteiger partial charge < -0.3 is 15.8 Å². The van der Waals surface area contributed by atoms with Crippen molar-refractivity contribution in [1.82, 2.24) is 5.32 Å². The molecular weight excluding hydrogens is 348 g/mol. The van der Waals surface area contributed by atoms with E-state index < -0.39 is 5.91 Å². The molecule has 0 bridgehead atoms. The molecule has 2 aromatic rings. The molecule has 0 spiro atoms. The number of thioether (sulfide) groups is 1. The zero-order valence-corrected chi connectivity index (χ0v) is 15.1. The minimum atomic E-state index is -0.547. The maximum atomic E-state index is 11.7. The van der Waals surface area contributed by atoms with Gasteiger partial charge in [-0.05, 0) is 17.7 Å². The van der Waals surface area contributed by atoms with Gasteiger partial charge in [0.15, 0.2) is 0 Å². The highest BCUT2D eigenvalue weighted by atomic mass is 32.2. The van der Waals surface area contributed by atoms with Crippen LogP contribution in [0.5, 0.6) is 5.75 Å². The molecule has 3 N–H and O–H groups in total. The summed E-state index contributed by atoms with van der Waals surface area (Å²) in [7, 11) is 0. The van der Waals surface area contributed by atoms with E-state index in [0.717, 1.165) is 5.75 Å². The fourth-order valence-corrected chi connectivity index (χ4v) is 2.87. The minimum absolute atomic E-state index is 0.0553. The Morgan fingerprint density at radius 2 is 1.77 bits per heavy atom. The molecule has 2 rings (SSSR count). The summed E-state index contributed by atoms with van der Waals surface area (Å²) in [6.45, 7) is 0.370. The number of carbonyl (C=O) groups is 2. The molecule has 0 aliphatic rings. The lowest BCUT2D eigenvalue weighted by molar-refractivity contribution is -0.118. The molecule has 0 aliphatic heterocycles. The van der Waals surface area contributed by atoms with Crippen LogP contribution in [0.25, 0.3) is 0 Å². The molecule has 2 aromatic carbocycles. The van der Waals surface area contributed by atoms with Gasteiger partial charge in [0.2, 0.25) is 5.91 Å². The molecule has 2 amide bonds. The zero-order valence-electron chi connectivity index (χ0n) is 14.2. The SMILES string of the molecule is NC(=O)c1ccccc1OCC#CCNC(=O)CSCc1ccccc1. The highest BCUT2D eigenvalue weighted by Gasteiger charge is 2.07. The molecule has 6 heteroatoms. The predicted molar refractivity (Wildman–Crippen MR) is 104 cm³/mol. The number of benzene rings is 2. The van der Waals surface area contributed by atoms with E-state index in [1.165, 1.54) is 5.56 Å². The van der Waals surface area contributed by atoms with E-state index in [-0.39, 0.29) is 19.1 Å². The first-order valence-corrected chi connectivity index (χ1v) is 9.18. The van der Waals surface area contributed by atoms with Crippen molar-refractivity contribution in [2.75, 3.05) is 18.9 Å². The maximum absolute atomic E-state index is 11.7. The quantitative estimate of drug-likeness (QED) is 0.700. The predicted octanol–water partition coefficient (Wildman–Crippen LogP) is 2.22. The molecule has 0 fully saturated rings. The van der Waals surface area contributed by atoms with Crippen molar-refractivity contribution in [3.8, 4) is 17.6 Å². The van der Waals surface area contributed by atoms with Crippen molar-refractivity contribution in [3.05, 3.63) is 65.7 Å². The number of primary amides is 1. The second-order valence-corrected chi connectivity index (χ2v) is 6.24. The minimum Gasteiger partial charge on any atom is -0.480 e. The largest absolute Gasteiger partial charge is 0.480 e. The van der Waals surface area contributed by atoms with Crippen molar-refractivity contribution < 1.29 is 14.3 Å². The van der Waals surface area contributed by atoms with Crippen molar-refractivity contribution >= 4 is 23.6 Å². The molecule has 0 heterocycles. The molecule has 0 aromatic heterocycles. The Morgan fingerprint density at radius 3 is 2.54 bits per heavy atom. The van der Waals surface area contributed by atoms with Crippen LogP contribution in [0.3, 0.4) is 0 Å². The van der Waals surface area contributed by atoms with Gasteiger partial charge in [-0.15, -0.1) is 11.8 Å². The number of nitrogens with one attached hydrogen (secondary N) is 1. The molecule has 134 valence electrons. The summed E-state index contributed by atoms with van der Waals surface area (Å²) in [4.78, 5) is 23.0.